The van der Waals surface area contributed by atoms with E-state index in [2.05, 4.69) is 10.9 Å². The van der Waals surface area contributed by atoms with Crippen molar-refractivity contribution in [1.29, 1.82) is 5.41 Å². The zero-order chi connectivity index (χ0) is 16.1. The first-order valence-corrected chi connectivity index (χ1v) is 6.73. The van der Waals surface area contributed by atoms with Gasteiger partial charge in [0, 0.05) is 11.8 Å². The molecule has 6 heteroatoms. The zero-order valence-electron chi connectivity index (χ0n) is 12.3. The van der Waals surface area contributed by atoms with E-state index in [9.17, 15) is 0 Å². The predicted octanol–water partition coefficient (Wildman–Crippen LogP) is 1.57. The van der Waals surface area contributed by atoms with Crippen molar-refractivity contribution in [3.63, 3.8) is 0 Å². The fourth-order valence-corrected chi connectivity index (χ4v) is 1.92. The Morgan fingerprint density at radius 3 is 2.73 bits per heavy atom. The van der Waals surface area contributed by atoms with Gasteiger partial charge >= 0.3 is 0 Å². The number of aliphatic hydroxyl groups is 1. The molecule has 6 N–H and O–H groups in total. The van der Waals surface area contributed by atoms with E-state index < -0.39 is 0 Å². The first-order valence-electron chi connectivity index (χ1n) is 6.73. The van der Waals surface area contributed by atoms with Gasteiger partial charge in [0.2, 0.25) is 0 Å². The number of nitrogen functional groups attached to an aromatic ring is 1. The second-order valence-corrected chi connectivity index (χ2v) is 4.76. The second kappa shape index (κ2) is 6.76. The average molecular weight is 298 g/mol. The molecule has 0 spiro atoms. The number of hydrogen-bond donors (Lipinski definition) is 4. The summed E-state index contributed by atoms with van der Waals surface area (Å²) in [4.78, 5) is 4.47. The van der Waals surface area contributed by atoms with Crippen LogP contribution in [0.25, 0.3) is 0 Å². The van der Waals surface area contributed by atoms with Crippen molar-refractivity contribution in [2.75, 3.05) is 18.9 Å². The molecule has 0 aliphatic heterocycles. The van der Waals surface area contributed by atoms with E-state index in [4.69, 9.17) is 26.7 Å². The van der Waals surface area contributed by atoms with E-state index in [-0.39, 0.29) is 13.2 Å². The van der Waals surface area contributed by atoms with Crippen LogP contribution in [0.3, 0.4) is 0 Å². The third-order valence-electron chi connectivity index (χ3n) is 3.12. The molecule has 0 amide bonds. The van der Waals surface area contributed by atoms with Crippen LogP contribution in [0.4, 0.5) is 11.4 Å². The Balaban J connectivity index is 2.39. The molecule has 0 bridgehead atoms. The molecule has 0 aromatic heterocycles. The minimum atomic E-state index is -0.120. The van der Waals surface area contributed by atoms with Gasteiger partial charge in [0.05, 0.1) is 29.3 Å². The second-order valence-electron chi connectivity index (χ2n) is 4.76. The summed E-state index contributed by atoms with van der Waals surface area (Å²) in [5.41, 5.74) is 15.5. The molecule has 0 unspecified atom stereocenters. The van der Waals surface area contributed by atoms with Gasteiger partial charge in [0.15, 0.2) is 0 Å². The lowest BCUT2D eigenvalue weighted by Crippen LogP contribution is -2.16. The van der Waals surface area contributed by atoms with E-state index >= 15 is 0 Å². The number of ether oxygens (including phenoxy) is 1. The Kier molecular flexibility index (Phi) is 4.78. The number of nitrogens with two attached hydrogens (primary N) is 2. The lowest BCUT2D eigenvalue weighted by molar-refractivity contribution is 0.151. The Bertz CT molecular complexity index is 726. The van der Waals surface area contributed by atoms with Crippen molar-refractivity contribution in [2.24, 2.45) is 10.7 Å². The summed E-state index contributed by atoms with van der Waals surface area (Å²) in [7, 11) is 0. The van der Waals surface area contributed by atoms with Gasteiger partial charge < -0.3 is 21.3 Å². The summed E-state index contributed by atoms with van der Waals surface area (Å²) < 4.78 is 5.39. The Morgan fingerprint density at radius 1 is 1.32 bits per heavy atom. The van der Waals surface area contributed by atoms with Gasteiger partial charge in [-0.3, -0.25) is 5.41 Å². The number of aliphatic imine (C=N–C) groups is 1. The first kappa shape index (κ1) is 15.6. The number of hydrogen-bond acceptors (Lipinski definition) is 6. The number of nitrogens with one attached hydrogen (secondary N) is 1. The molecule has 1 aliphatic rings. The standard InChI is InChI=1S/C16H18N4O2/c1-10-6-12(2-3-13(10)18)20-15-8-16(22-5-4-21)11(9-17)7-14(15)19/h2-3,6-8,17,21H,4-5,18-19H2,1H3. The van der Waals surface area contributed by atoms with Crippen LogP contribution >= 0.6 is 0 Å². The highest BCUT2D eigenvalue weighted by Crippen LogP contribution is 2.23. The fourth-order valence-electron chi connectivity index (χ4n) is 1.92. The van der Waals surface area contributed by atoms with E-state index in [1.807, 2.05) is 13.0 Å². The number of benzene rings is 1. The van der Waals surface area contributed by atoms with Crippen LogP contribution in [0, 0.1) is 12.3 Å². The SMILES string of the molecule is Cc1cc(N=C2C=C(OCCO)C(=C=N)C=C2N)ccc1N. The lowest BCUT2D eigenvalue weighted by Gasteiger charge is -2.15. The molecule has 0 heterocycles. The third-order valence-corrected chi connectivity index (χ3v) is 3.12. The largest absolute Gasteiger partial charge is 0.490 e. The highest BCUT2D eigenvalue weighted by Gasteiger charge is 2.15. The summed E-state index contributed by atoms with van der Waals surface area (Å²) in [6.45, 7) is 1.91. The minimum absolute atomic E-state index is 0.120. The summed E-state index contributed by atoms with van der Waals surface area (Å²) in [6.07, 6.45) is 3.20. The number of aliphatic hydroxyl groups excluding tert-OH is 1. The number of rotatable bonds is 4. The molecule has 0 saturated carbocycles. The molecule has 1 aromatic carbocycles. The van der Waals surface area contributed by atoms with Crippen molar-refractivity contribution in [2.45, 2.75) is 6.92 Å². The molecule has 6 nitrogen and oxygen atoms in total. The van der Waals surface area contributed by atoms with E-state index in [0.717, 1.165) is 11.3 Å². The van der Waals surface area contributed by atoms with Gasteiger partial charge in [0.25, 0.3) is 0 Å². The number of aryl methyl sites for hydroxylation is 1. The Labute approximate surface area is 128 Å². The van der Waals surface area contributed by atoms with Crippen LogP contribution in [-0.4, -0.2) is 29.9 Å². The van der Waals surface area contributed by atoms with Gasteiger partial charge in [0.1, 0.15) is 12.4 Å². The van der Waals surface area contributed by atoms with E-state index in [1.165, 1.54) is 0 Å². The number of allylic oxidation sites excluding steroid dienone is 2. The molecule has 0 atom stereocenters. The van der Waals surface area contributed by atoms with Crippen LogP contribution in [0.15, 0.2) is 52.4 Å². The van der Waals surface area contributed by atoms with Crippen molar-refractivity contribution >= 4 is 23.0 Å². The molecule has 0 saturated heterocycles. The van der Waals surface area contributed by atoms with Crippen molar-refractivity contribution < 1.29 is 9.84 Å². The molecule has 0 fully saturated rings. The van der Waals surface area contributed by atoms with Crippen LogP contribution < -0.4 is 11.5 Å². The topological polar surface area (TPSA) is 118 Å². The molecule has 1 aliphatic carbocycles. The molecule has 2 rings (SSSR count). The lowest BCUT2D eigenvalue weighted by atomic mass is 10.0. The maximum atomic E-state index is 8.85. The normalized spacial score (nSPS) is 16.1. The molecule has 22 heavy (non-hydrogen) atoms. The van der Waals surface area contributed by atoms with Crippen LogP contribution in [0.1, 0.15) is 5.56 Å². The highest BCUT2D eigenvalue weighted by atomic mass is 16.5. The van der Waals surface area contributed by atoms with Gasteiger partial charge in [-0.05, 0) is 42.6 Å². The monoisotopic (exact) mass is 298 g/mol. The highest BCUT2D eigenvalue weighted by molar-refractivity contribution is 6.11. The molecular formula is C16H18N4O2. The van der Waals surface area contributed by atoms with Gasteiger partial charge in [-0.15, -0.1) is 0 Å². The average Bonchev–Trinajstić information content (AvgIpc) is 2.51. The maximum Gasteiger partial charge on any atom is 0.138 e. The summed E-state index contributed by atoms with van der Waals surface area (Å²) in [6, 6.07) is 5.44. The molecule has 114 valence electrons. The van der Waals surface area contributed by atoms with Crippen molar-refractivity contribution in [3.05, 3.63) is 52.9 Å². The Morgan fingerprint density at radius 2 is 2.09 bits per heavy atom. The van der Waals surface area contributed by atoms with Crippen molar-refractivity contribution in [3.8, 4) is 0 Å². The summed E-state index contributed by atoms with van der Waals surface area (Å²) in [5.74, 6) is 2.66. The van der Waals surface area contributed by atoms with E-state index in [0.29, 0.717) is 28.4 Å². The van der Waals surface area contributed by atoms with Crippen LogP contribution in [0.2, 0.25) is 0 Å². The van der Waals surface area contributed by atoms with Gasteiger partial charge in [-0.1, -0.05) is 0 Å². The van der Waals surface area contributed by atoms with Gasteiger partial charge in [-0.25, -0.2) is 4.99 Å². The number of nitrogens with zero attached hydrogens (tertiary/aromatic N) is 1. The predicted molar refractivity (Wildman–Crippen MR) is 87.3 cm³/mol. The van der Waals surface area contributed by atoms with E-state index in [1.54, 1.807) is 24.3 Å². The maximum absolute atomic E-state index is 8.85. The first-order chi connectivity index (χ1) is 10.5. The molecule has 1 aromatic rings. The number of anilines is 1. The molecule has 0 radical (unpaired) electrons. The smallest absolute Gasteiger partial charge is 0.138 e. The summed E-state index contributed by atoms with van der Waals surface area (Å²) in [5, 5.41) is 16.1. The van der Waals surface area contributed by atoms with Crippen molar-refractivity contribution in [1.82, 2.24) is 0 Å². The quantitative estimate of drug-likeness (QED) is 0.498. The van der Waals surface area contributed by atoms with Crippen LogP contribution in [0.5, 0.6) is 0 Å². The third kappa shape index (κ3) is 3.44. The minimum Gasteiger partial charge on any atom is -0.490 e. The molecular weight excluding hydrogens is 280 g/mol. The van der Waals surface area contributed by atoms with Crippen LogP contribution in [-0.2, 0) is 4.74 Å². The summed E-state index contributed by atoms with van der Waals surface area (Å²) >= 11 is 0. The fraction of sp³-hybridized carbons (Fsp3) is 0.188. The van der Waals surface area contributed by atoms with Gasteiger partial charge in [-0.2, -0.15) is 0 Å². The zero-order valence-corrected chi connectivity index (χ0v) is 12.3. The Hall–Kier alpha value is -2.82.